The molecule has 25 heavy (non-hydrogen) atoms. The lowest BCUT2D eigenvalue weighted by Crippen LogP contribution is -2.43. The third-order valence-electron chi connectivity index (χ3n) is 2.99. The second-order valence-electron chi connectivity index (χ2n) is 5.84. The Labute approximate surface area is 145 Å². The first-order valence-corrected chi connectivity index (χ1v) is 10.4. The average molecular weight is 403 g/mol. The highest BCUT2D eigenvalue weighted by atomic mass is 32.2. The summed E-state index contributed by atoms with van der Waals surface area (Å²) < 4.78 is 81.9. The number of hydrogen-bond acceptors (Lipinski definition) is 6. The molecule has 0 saturated carbocycles. The number of rotatable bonds is 8. The minimum absolute atomic E-state index is 0.00976. The van der Waals surface area contributed by atoms with Gasteiger partial charge in [-0.25, -0.2) is 26.9 Å². The van der Waals surface area contributed by atoms with Gasteiger partial charge in [0, 0.05) is 5.56 Å². The molecule has 12 heteroatoms. The van der Waals surface area contributed by atoms with E-state index in [4.69, 9.17) is 10.9 Å². The maximum absolute atomic E-state index is 13.8. The van der Waals surface area contributed by atoms with Crippen molar-refractivity contribution < 1.29 is 30.0 Å². The van der Waals surface area contributed by atoms with Gasteiger partial charge in [0.15, 0.2) is 0 Å². The number of halogens is 3. The molecule has 0 aliphatic carbocycles. The molecule has 0 bridgehead atoms. The van der Waals surface area contributed by atoms with Gasteiger partial charge in [-0.05, 0) is 13.0 Å². The van der Waals surface area contributed by atoms with Gasteiger partial charge >= 0.3 is 0 Å². The first kappa shape index (κ1) is 21.8. The summed E-state index contributed by atoms with van der Waals surface area (Å²) in [6.45, 7) is -1.44. The van der Waals surface area contributed by atoms with Crippen molar-refractivity contribution in [2.45, 2.75) is 18.4 Å². The van der Waals surface area contributed by atoms with Crippen LogP contribution in [0.4, 0.5) is 13.2 Å². The summed E-state index contributed by atoms with van der Waals surface area (Å²) in [7, 11) is -7.76. The molecule has 0 aliphatic rings. The molecule has 0 radical (unpaired) electrons. The molecule has 1 aromatic rings. The van der Waals surface area contributed by atoms with Gasteiger partial charge in [0.05, 0.1) is 17.5 Å². The van der Waals surface area contributed by atoms with Crippen LogP contribution in [-0.4, -0.2) is 43.7 Å². The molecule has 0 saturated heterocycles. The maximum Gasteiger partial charge on any atom is 0.292 e. The van der Waals surface area contributed by atoms with Crippen LogP contribution in [0.1, 0.15) is 12.5 Å². The fraction of sp³-hybridized carbons (Fsp3) is 0.538. The molecule has 2 atom stereocenters. The molecule has 4 N–H and O–H groups in total. The highest BCUT2D eigenvalue weighted by Crippen LogP contribution is 2.23. The van der Waals surface area contributed by atoms with Gasteiger partial charge in [0.2, 0.25) is 0 Å². The normalized spacial score (nSPS) is 17.6. The Morgan fingerprint density at radius 2 is 1.80 bits per heavy atom. The molecular weight excluding hydrogens is 383 g/mol. The predicted molar refractivity (Wildman–Crippen MR) is 88.2 cm³/mol. The molecule has 0 aliphatic heterocycles. The zero-order chi connectivity index (χ0) is 19.5. The summed E-state index contributed by atoms with van der Waals surface area (Å²) in [6, 6.07) is 5.45. The van der Waals surface area contributed by atoms with E-state index >= 15 is 0 Å². The summed E-state index contributed by atoms with van der Waals surface area (Å²) in [4.78, 5) is 0. The van der Waals surface area contributed by atoms with E-state index in [2.05, 4.69) is 8.55 Å². The van der Waals surface area contributed by atoms with Crippen molar-refractivity contribution in [3.8, 4) is 0 Å². The fourth-order valence-corrected chi connectivity index (χ4v) is 3.82. The molecular formula is C13H20F3N3O4S2. The van der Waals surface area contributed by atoms with Crippen molar-refractivity contribution in [2.75, 3.05) is 25.2 Å². The van der Waals surface area contributed by atoms with Crippen LogP contribution in [0.3, 0.4) is 0 Å². The highest BCUT2D eigenvalue weighted by molar-refractivity contribution is 7.91. The summed E-state index contributed by atoms with van der Waals surface area (Å²) in [6.07, 6.45) is 0.612. The SMILES string of the molecule is C[C@](N)(CS(N)(=O)=NCC(F)(F)COS(C)(=O)=O)c1ccccc1F. The van der Waals surface area contributed by atoms with Crippen molar-refractivity contribution in [1.82, 2.24) is 0 Å². The van der Waals surface area contributed by atoms with E-state index in [-0.39, 0.29) is 5.56 Å². The van der Waals surface area contributed by atoms with E-state index in [9.17, 15) is 25.8 Å². The Bertz CT molecular complexity index is 835. The third-order valence-corrected chi connectivity index (χ3v) is 5.12. The molecule has 0 aromatic heterocycles. The Morgan fingerprint density at radius 1 is 1.24 bits per heavy atom. The van der Waals surface area contributed by atoms with E-state index in [1.54, 1.807) is 0 Å². The predicted octanol–water partition coefficient (Wildman–Crippen LogP) is 0.953. The van der Waals surface area contributed by atoms with E-state index in [1.807, 2.05) is 0 Å². The van der Waals surface area contributed by atoms with Gasteiger partial charge in [-0.15, -0.1) is 0 Å². The van der Waals surface area contributed by atoms with Crippen molar-refractivity contribution in [1.29, 1.82) is 0 Å². The second-order valence-corrected chi connectivity index (χ2v) is 9.41. The largest absolute Gasteiger partial charge is 0.321 e. The standard InChI is InChI=1S/C13H20F3N3O4S2/c1-12(17,10-5-3-4-6-11(10)14)9-25(18,22)19-7-13(15,16)8-23-24(2,20)21/h3-6H,7-9,17H2,1-2H3,(H2,18,19,22)/t12-,25?/m0/s1. The van der Waals surface area contributed by atoms with E-state index < -0.39 is 56.2 Å². The Kier molecular flexibility index (Phi) is 6.62. The van der Waals surface area contributed by atoms with Crippen molar-refractivity contribution in [2.24, 2.45) is 15.2 Å². The molecule has 0 fully saturated rings. The number of hydrogen-bond donors (Lipinski definition) is 2. The van der Waals surface area contributed by atoms with Gasteiger partial charge in [0.1, 0.15) is 28.9 Å². The second kappa shape index (κ2) is 7.58. The molecule has 0 amide bonds. The van der Waals surface area contributed by atoms with Crippen molar-refractivity contribution in [3.05, 3.63) is 35.6 Å². The Balaban J connectivity index is 2.91. The van der Waals surface area contributed by atoms with Crippen molar-refractivity contribution >= 4 is 20.0 Å². The van der Waals surface area contributed by atoms with Crippen LogP contribution in [0, 0.1) is 5.82 Å². The van der Waals surface area contributed by atoms with Gasteiger partial charge in [0.25, 0.3) is 16.0 Å². The zero-order valence-corrected chi connectivity index (χ0v) is 15.2. The summed E-state index contributed by atoms with van der Waals surface area (Å²) in [5, 5.41) is 5.45. The Morgan fingerprint density at radius 3 is 2.32 bits per heavy atom. The quantitative estimate of drug-likeness (QED) is 0.625. The van der Waals surface area contributed by atoms with Gasteiger partial charge in [-0.1, -0.05) is 18.2 Å². The van der Waals surface area contributed by atoms with Crippen LogP contribution in [0.5, 0.6) is 0 Å². The Hall–Kier alpha value is -1.21. The van der Waals surface area contributed by atoms with Crippen LogP contribution < -0.4 is 10.9 Å². The number of alkyl halides is 2. The van der Waals surface area contributed by atoms with E-state index in [0.29, 0.717) is 6.26 Å². The lowest BCUT2D eigenvalue weighted by molar-refractivity contribution is -0.0291. The highest BCUT2D eigenvalue weighted by Gasteiger charge is 2.33. The summed E-state index contributed by atoms with van der Waals surface area (Å²) in [5.41, 5.74) is 4.42. The lowest BCUT2D eigenvalue weighted by Gasteiger charge is -2.26. The molecule has 7 nitrogen and oxygen atoms in total. The zero-order valence-electron chi connectivity index (χ0n) is 13.6. The molecule has 1 rings (SSSR count). The van der Waals surface area contributed by atoms with E-state index in [0.717, 1.165) is 6.07 Å². The van der Waals surface area contributed by atoms with Crippen LogP contribution in [-0.2, 0) is 29.8 Å². The number of nitrogens with two attached hydrogens (primary N) is 2. The average Bonchev–Trinajstić information content (AvgIpc) is 2.42. The summed E-state index contributed by atoms with van der Waals surface area (Å²) >= 11 is 0. The van der Waals surface area contributed by atoms with Gasteiger partial charge in [-0.3, -0.25) is 4.18 Å². The molecule has 0 spiro atoms. The minimum Gasteiger partial charge on any atom is -0.321 e. The first-order valence-electron chi connectivity index (χ1n) is 6.88. The van der Waals surface area contributed by atoms with Crippen LogP contribution in [0.2, 0.25) is 0 Å². The molecule has 1 unspecified atom stereocenters. The lowest BCUT2D eigenvalue weighted by atomic mass is 9.95. The van der Waals surface area contributed by atoms with Crippen LogP contribution >= 0.6 is 0 Å². The first-order chi connectivity index (χ1) is 11.1. The molecule has 144 valence electrons. The topological polar surface area (TPSA) is 125 Å². The monoisotopic (exact) mass is 403 g/mol. The smallest absolute Gasteiger partial charge is 0.292 e. The minimum atomic E-state index is -4.07. The fourth-order valence-electron chi connectivity index (χ4n) is 1.92. The van der Waals surface area contributed by atoms with E-state index in [1.165, 1.54) is 25.1 Å². The summed E-state index contributed by atoms with van der Waals surface area (Å²) in [5.74, 6) is -4.94. The number of benzene rings is 1. The third kappa shape index (κ3) is 7.69. The van der Waals surface area contributed by atoms with Crippen LogP contribution in [0.15, 0.2) is 28.6 Å². The molecule has 0 heterocycles. The molecule has 1 aromatic carbocycles. The van der Waals surface area contributed by atoms with Crippen molar-refractivity contribution in [3.63, 3.8) is 0 Å². The van der Waals surface area contributed by atoms with Gasteiger partial charge in [-0.2, -0.15) is 8.42 Å². The van der Waals surface area contributed by atoms with Gasteiger partial charge < -0.3 is 5.73 Å². The number of nitrogens with zero attached hydrogens (tertiary/aromatic N) is 1. The maximum atomic E-state index is 13.8. The van der Waals surface area contributed by atoms with Crippen LogP contribution in [0.25, 0.3) is 0 Å².